The molecular weight excluding hydrogens is 288 g/mol. The van der Waals surface area contributed by atoms with Crippen molar-refractivity contribution in [3.63, 3.8) is 0 Å². The number of nitro benzene ring substituents is 1. The van der Waals surface area contributed by atoms with E-state index in [-0.39, 0.29) is 23.9 Å². The van der Waals surface area contributed by atoms with Crippen LogP contribution < -0.4 is 0 Å². The zero-order valence-electron chi connectivity index (χ0n) is 11.6. The number of benzene rings is 2. The Morgan fingerprint density at radius 3 is 1.86 bits per heavy atom. The van der Waals surface area contributed by atoms with Crippen molar-refractivity contribution >= 4 is 5.69 Å². The minimum atomic E-state index is -3.02. The number of nitro groups is 1. The molecule has 2 aromatic rings. The molecule has 3 nitrogen and oxygen atoms in total. The van der Waals surface area contributed by atoms with Gasteiger partial charge >= 0.3 is 0 Å². The molecule has 0 saturated heterocycles. The first-order valence-electron chi connectivity index (χ1n) is 6.91. The molecule has 112 valence electrons. The van der Waals surface area contributed by atoms with Crippen LogP contribution in [-0.4, -0.2) is 10.8 Å². The van der Waals surface area contributed by atoms with Gasteiger partial charge in [0.25, 0.3) is 11.6 Å². The van der Waals surface area contributed by atoms with Gasteiger partial charge in [-0.15, -0.1) is 0 Å². The lowest BCUT2D eigenvalue weighted by Gasteiger charge is -2.24. The average Bonchev–Trinajstić information content (AvgIpc) is 2.83. The van der Waals surface area contributed by atoms with E-state index in [4.69, 9.17) is 0 Å². The highest BCUT2D eigenvalue weighted by Gasteiger charge is 2.54. The fourth-order valence-electron chi connectivity index (χ4n) is 2.82. The van der Waals surface area contributed by atoms with Crippen LogP contribution in [0.5, 0.6) is 0 Å². The summed E-state index contributed by atoms with van der Waals surface area (Å²) < 4.78 is 29.4. The molecule has 2 aromatic carbocycles. The number of hydrogen-bond donors (Lipinski definition) is 0. The standard InChI is InChI=1S/C17H13F2NO2/c18-17(19)15(12-4-2-1-3-5-12)10-11-16(17)13-6-8-14(9-7-13)20(21)22/h1-9H,10-11H2. The van der Waals surface area contributed by atoms with Gasteiger partial charge in [-0.3, -0.25) is 10.1 Å². The Bertz CT molecular complexity index is 671. The van der Waals surface area contributed by atoms with Gasteiger partial charge < -0.3 is 0 Å². The van der Waals surface area contributed by atoms with Gasteiger partial charge in [0.05, 0.1) is 16.8 Å². The molecule has 5 heteroatoms. The molecule has 0 atom stereocenters. The second-order valence-corrected chi connectivity index (χ2v) is 5.20. The maximum atomic E-state index is 14.7. The van der Waals surface area contributed by atoms with Crippen LogP contribution in [0.15, 0.2) is 54.6 Å². The van der Waals surface area contributed by atoms with Gasteiger partial charge in [0.2, 0.25) is 0 Å². The third-order valence-electron chi connectivity index (χ3n) is 3.93. The van der Waals surface area contributed by atoms with E-state index in [1.54, 1.807) is 30.3 Å². The number of nitrogens with zero attached hydrogens (tertiary/aromatic N) is 1. The molecule has 1 fully saturated rings. The van der Waals surface area contributed by atoms with Crippen molar-refractivity contribution in [3.05, 3.63) is 87.7 Å². The quantitative estimate of drug-likeness (QED) is 0.615. The monoisotopic (exact) mass is 301 g/mol. The van der Waals surface area contributed by atoms with Crippen LogP contribution >= 0.6 is 0 Å². The van der Waals surface area contributed by atoms with E-state index < -0.39 is 10.8 Å². The van der Waals surface area contributed by atoms with Gasteiger partial charge in [0.15, 0.2) is 0 Å². The summed E-state index contributed by atoms with van der Waals surface area (Å²) in [5, 5.41) is 10.6. The van der Waals surface area contributed by atoms with Gasteiger partial charge in [0.1, 0.15) is 0 Å². The third-order valence-corrected chi connectivity index (χ3v) is 3.93. The van der Waals surface area contributed by atoms with Crippen molar-refractivity contribution < 1.29 is 13.7 Å². The molecule has 0 heterocycles. The Kier molecular flexibility index (Phi) is 3.64. The van der Waals surface area contributed by atoms with E-state index in [2.05, 4.69) is 0 Å². The summed E-state index contributed by atoms with van der Waals surface area (Å²) in [5.74, 6) is -2.87. The summed E-state index contributed by atoms with van der Waals surface area (Å²) in [4.78, 5) is 10.1. The Morgan fingerprint density at radius 2 is 1.36 bits per heavy atom. The number of hydrogen-bond acceptors (Lipinski definition) is 2. The highest BCUT2D eigenvalue weighted by molar-refractivity contribution is 5.50. The molecular formula is C17H13F2NO2. The van der Waals surface area contributed by atoms with Crippen molar-refractivity contribution in [2.24, 2.45) is 0 Å². The Labute approximate surface area is 126 Å². The molecule has 0 aliphatic heterocycles. The molecule has 1 aliphatic rings. The average molecular weight is 301 g/mol. The first-order chi connectivity index (χ1) is 10.5. The van der Waals surface area contributed by atoms with Crippen molar-refractivity contribution in [1.82, 2.24) is 0 Å². The van der Waals surface area contributed by atoms with Crippen LogP contribution in [0.1, 0.15) is 24.0 Å². The fraction of sp³-hybridized carbons (Fsp3) is 0.176. The minimum absolute atomic E-state index is 0.0289. The van der Waals surface area contributed by atoms with Crippen LogP contribution in [0.25, 0.3) is 0 Å². The van der Waals surface area contributed by atoms with Gasteiger partial charge in [-0.05, 0) is 24.0 Å². The minimum Gasteiger partial charge on any atom is -0.258 e. The molecule has 0 bridgehead atoms. The van der Waals surface area contributed by atoms with Gasteiger partial charge in [-0.2, -0.15) is 0 Å². The van der Waals surface area contributed by atoms with E-state index in [1.807, 2.05) is 0 Å². The molecule has 22 heavy (non-hydrogen) atoms. The summed E-state index contributed by atoms with van der Waals surface area (Å²) in [6, 6.07) is 14.0. The van der Waals surface area contributed by atoms with E-state index in [1.165, 1.54) is 24.3 Å². The van der Waals surface area contributed by atoms with Crippen molar-refractivity contribution in [2.75, 3.05) is 0 Å². The SMILES string of the molecule is O=[N+]([O-])c1ccc([C]2CC[C](c3ccccc3)C2(F)F)cc1. The van der Waals surface area contributed by atoms with Gasteiger partial charge in [-0.25, -0.2) is 8.78 Å². The van der Waals surface area contributed by atoms with Gasteiger partial charge in [-0.1, -0.05) is 42.5 Å². The number of halogens is 2. The summed E-state index contributed by atoms with van der Waals surface area (Å²) in [7, 11) is 0. The smallest absolute Gasteiger partial charge is 0.258 e. The normalized spacial score (nSPS) is 18.5. The number of alkyl halides is 2. The van der Waals surface area contributed by atoms with Gasteiger partial charge in [0, 0.05) is 12.1 Å². The van der Waals surface area contributed by atoms with Crippen molar-refractivity contribution in [1.29, 1.82) is 0 Å². The molecule has 0 aromatic heterocycles. The van der Waals surface area contributed by atoms with E-state index in [0.717, 1.165) is 0 Å². The predicted molar refractivity (Wildman–Crippen MR) is 78.4 cm³/mol. The van der Waals surface area contributed by atoms with Crippen LogP contribution in [0, 0.1) is 22.0 Å². The molecule has 0 spiro atoms. The van der Waals surface area contributed by atoms with Crippen LogP contribution in [0.2, 0.25) is 0 Å². The second-order valence-electron chi connectivity index (χ2n) is 5.20. The first-order valence-corrected chi connectivity index (χ1v) is 6.91. The molecule has 0 amide bonds. The maximum Gasteiger partial charge on any atom is 0.269 e. The largest absolute Gasteiger partial charge is 0.269 e. The number of rotatable bonds is 3. The molecule has 2 radical (unpaired) electrons. The van der Waals surface area contributed by atoms with Crippen LogP contribution in [0.4, 0.5) is 14.5 Å². The summed E-state index contributed by atoms with van der Waals surface area (Å²) in [6.07, 6.45) is 0.554. The summed E-state index contributed by atoms with van der Waals surface area (Å²) in [5.41, 5.74) is 0.809. The van der Waals surface area contributed by atoms with Crippen LogP contribution in [-0.2, 0) is 0 Å². The molecule has 1 aliphatic carbocycles. The lowest BCUT2D eigenvalue weighted by atomic mass is 9.89. The van der Waals surface area contributed by atoms with Crippen molar-refractivity contribution in [3.8, 4) is 0 Å². The highest BCUT2D eigenvalue weighted by atomic mass is 19.3. The van der Waals surface area contributed by atoms with E-state index >= 15 is 0 Å². The lowest BCUT2D eigenvalue weighted by molar-refractivity contribution is -0.384. The topological polar surface area (TPSA) is 43.1 Å². The van der Waals surface area contributed by atoms with Crippen molar-refractivity contribution in [2.45, 2.75) is 18.8 Å². The number of non-ortho nitro benzene ring substituents is 1. The first kappa shape index (κ1) is 14.6. The third kappa shape index (κ3) is 2.47. The highest BCUT2D eigenvalue weighted by Crippen LogP contribution is 2.53. The molecule has 1 saturated carbocycles. The maximum absolute atomic E-state index is 14.7. The predicted octanol–water partition coefficient (Wildman–Crippen LogP) is 4.57. The zero-order valence-corrected chi connectivity index (χ0v) is 11.6. The molecule has 0 N–H and O–H groups in total. The lowest BCUT2D eigenvalue weighted by Crippen LogP contribution is -2.28. The fourth-order valence-corrected chi connectivity index (χ4v) is 2.82. The van der Waals surface area contributed by atoms with E-state index in [9.17, 15) is 18.9 Å². The Morgan fingerprint density at radius 1 is 0.864 bits per heavy atom. The summed E-state index contributed by atoms with van der Waals surface area (Å²) >= 11 is 0. The van der Waals surface area contributed by atoms with E-state index in [0.29, 0.717) is 17.5 Å². The molecule has 0 unspecified atom stereocenters. The summed E-state index contributed by atoms with van der Waals surface area (Å²) in [6.45, 7) is 0. The Hall–Kier alpha value is -2.30. The zero-order chi connectivity index (χ0) is 15.7. The Balaban J connectivity index is 1.88. The molecule has 3 rings (SSSR count). The second kappa shape index (κ2) is 5.48. The van der Waals surface area contributed by atoms with Crippen LogP contribution in [0.3, 0.4) is 0 Å².